The zero-order valence-corrected chi connectivity index (χ0v) is 11.7. The predicted octanol–water partition coefficient (Wildman–Crippen LogP) is 2.90. The van der Waals surface area contributed by atoms with E-state index in [1.54, 1.807) is 0 Å². The van der Waals surface area contributed by atoms with Crippen LogP contribution in [0.5, 0.6) is 0 Å². The van der Waals surface area contributed by atoms with E-state index in [-0.39, 0.29) is 0 Å². The average Bonchev–Trinajstić information content (AvgIpc) is 2.34. The van der Waals surface area contributed by atoms with Crippen molar-refractivity contribution in [3.8, 4) is 0 Å². The Hall–Kier alpha value is -0.120. The molecule has 3 nitrogen and oxygen atoms in total. The third kappa shape index (κ3) is 16.3. The molecule has 100 valence electrons. The van der Waals surface area contributed by atoms with E-state index in [4.69, 9.17) is 0 Å². The molecule has 0 bridgehead atoms. The zero-order chi connectivity index (χ0) is 12.6. The summed E-state index contributed by atoms with van der Waals surface area (Å²) < 4.78 is 0. The normalized spacial score (nSPS) is 10.1. The Morgan fingerprint density at radius 2 is 1.19 bits per heavy atom. The van der Waals surface area contributed by atoms with Gasteiger partial charge in [-0.2, -0.15) is 0 Å². The molecule has 0 aliphatic carbocycles. The van der Waals surface area contributed by atoms with E-state index >= 15 is 0 Å². The van der Waals surface area contributed by atoms with Crippen LogP contribution >= 0.6 is 0 Å². The van der Waals surface area contributed by atoms with E-state index < -0.39 is 0 Å². The van der Waals surface area contributed by atoms with Crippen LogP contribution in [0.2, 0.25) is 0 Å². The Kier molecular flexibility index (Phi) is 19.7. The summed E-state index contributed by atoms with van der Waals surface area (Å²) in [5, 5.41) is 0. The molecule has 0 aliphatic heterocycles. The first-order chi connectivity index (χ1) is 7.81. The van der Waals surface area contributed by atoms with Crippen molar-refractivity contribution < 1.29 is 0 Å². The van der Waals surface area contributed by atoms with Crippen molar-refractivity contribution in [2.24, 2.45) is 11.7 Å². The standard InChI is InChI=1S/C13H29N.H4N2/c1-4-6-7-8-9-10-11-12-13-14(3)5-2;1-2/h4-13H2,1-3H3;1-2H2. The lowest BCUT2D eigenvalue weighted by molar-refractivity contribution is 0.340. The van der Waals surface area contributed by atoms with Gasteiger partial charge < -0.3 is 4.90 Å². The van der Waals surface area contributed by atoms with Gasteiger partial charge >= 0.3 is 0 Å². The van der Waals surface area contributed by atoms with Gasteiger partial charge in [-0.15, -0.1) is 0 Å². The number of hydrazine groups is 1. The second-order valence-electron chi connectivity index (χ2n) is 4.37. The van der Waals surface area contributed by atoms with Crippen LogP contribution in [0.1, 0.15) is 65.2 Å². The molecular formula is C13H33N3. The highest BCUT2D eigenvalue weighted by Crippen LogP contribution is 2.08. The molecule has 0 rings (SSSR count). The summed E-state index contributed by atoms with van der Waals surface area (Å²) in [6.07, 6.45) is 11.4. The van der Waals surface area contributed by atoms with Gasteiger partial charge in [-0.1, -0.05) is 58.8 Å². The van der Waals surface area contributed by atoms with Crippen molar-refractivity contribution in [1.29, 1.82) is 0 Å². The molecule has 0 amide bonds. The van der Waals surface area contributed by atoms with Gasteiger partial charge in [0.05, 0.1) is 0 Å². The van der Waals surface area contributed by atoms with Gasteiger partial charge in [0.15, 0.2) is 0 Å². The number of nitrogens with two attached hydrogens (primary N) is 2. The molecular weight excluding hydrogens is 198 g/mol. The smallest absolute Gasteiger partial charge is 0.00219 e. The summed E-state index contributed by atoms with van der Waals surface area (Å²) in [4.78, 5) is 2.40. The average molecular weight is 231 g/mol. The summed E-state index contributed by atoms with van der Waals surface area (Å²) in [5.41, 5.74) is 0. The predicted molar refractivity (Wildman–Crippen MR) is 74.2 cm³/mol. The Labute approximate surface area is 103 Å². The second-order valence-corrected chi connectivity index (χ2v) is 4.37. The van der Waals surface area contributed by atoms with Crippen molar-refractivity contribution >= 4 is 0 Å². The SMILES string of the molecule is CCCCCCCCCCN(C)CC.NN. The van der Waals surface area contributed by atoms with E-state index in [9.17, 15) is 0 Å². The minimum Gasteiger partial charge on any atom is -0.307 e. The van der Waals surface area contributed by atoms with Crippen LogP contribution in [0.3, 0.4) is 0 Å². The van der Waals surface area contributed by atoms with E-state index in [1.807, 2.05) is 0 Å². The molecule has 0 saturated heterocycles. The maximum atomic E-state index is 4.00. The number of hydrogen-bond donors (Lipinski definition) is 2. The van der Waals surface area contributed by atoms with Crippen molar-refractivity contribution in [2.75, 3.05) is 20.1 Å². The first-order valence-electron chi connectivity index (χ1n) is 6.83. The van der Waals surface area contributed by atoms with E-state index in [1.165, 1.54) is 64.5 Å². The van der Waals surface area contributed by atoms with Crippen LogP contribution in [0.15, 0.2) is 0 Å². The quantitative estimate of drug-likeness (QED) is 0.345. The summed E-state index contributed by atoms with van der Waals surface area (Å²) >= 11 is 0. The van der Waals surface area contributed by atoms with Crippen LogP contribution < -0.4 is 11.7 Å². The molecule has 0 saturated carbocycles. The third-order valence-electron chi connectivity index (χ3n) is 2.93. The highest BCUT2D eigenvalue weighted by molar-refractivity contribution is 4.50. The van der Waals surface area contributed by atoms with Gasteiger partial charge in [-0.25, -0.2) is 0 Å². The molecule has 16 heavy (non-hydrogen) atoms. The van der Waals surface area contributed by atoms with Crippen molar-refractivity contribution in [1.82, 2.24) is 4.90 Å². The minimum atomic E-state index is 1.19. The van der Waals surface area contributed by atoms with Gasteiger partial charge in [0.1, 0.15) is 0 Å². The van der Waals surface area contributed by atoms with Gasteiger partial charge in [0.25, 0.3) is 0 Å². The fourth-order valence-electron chi connectivity index (χ4n) is 1.67. The van der Waals surface area contributed by atoms with E-state index in [0.29, 0.717) is 0 Å². The topological polar surface area (TPSA) is 55.3 Å². The number of hydrogen-bond acceptors (Lipinski definition) is 3. The van der Waals surface area contributed by atoms with Gasteiger partial charge in [0, 0.05) is 0 Å². The molecule has 3 heteroatoms. The number of rotatable bonds is 10. The zero-order valence-electron chi connectivity index (χ0n) is 11.7. The minimum absolute atomic E-state index is 1.19. The van der Waals surface area contributed by atoms with E-state index in [2.05, 4.69) is 37.5 Å². The molecule has 0 spiro atoms. The first kappa shape index (κ1) is 18.3. The second kappa shape index (κ2) is 17.3. The Morgan fingerprint density at radius 1 is 0.750 bits per heavy atom. The monoisotopic (exact) mass is 231 g/mol. The lowest BCUT2D eigenvalue weighted by atomic mass is 10.1. The Morgan fingerprint density at radius 3 is 1.62 bits per heavy atom. The van der Waals surface area contributed by atoms with Crippen LogP contribution in [0.25, 0.3) is 0 Å². The van der Waals surface area contributed by atoms with Gasteiger partial charge in [-0.05, 0) is 26.6 Å². The summed E-state index contributed by atoms with van der Waals surface area (Å²) in [7, 11) is 2.21. The molecule has 0 unspecified atom stereocenters. The Bertz CT molecular complexity index is 107. The Balaban J connectivity index is 0. The largest absolute Gasteiger partial charge is 0.307 e. The maximum Gasteiger partial charge on any atom is -0.00219 e. The molecule has 0 heterocycles. The molecule has 0 aromatic carbocycles. The van der Waals surface area contributed by atoms with Crippen LogP contribution in [-0.4, -0.2) is 25.0 Å². The number of unbranched alkanes of at least 4 members (excludes halogenated alkanes) is 7. The number of nitrogens with zero attached hydrogens (tertiary/aromatic N) is 1. The highest BCUT2D eigenvalue weighted by Gasteiger charge is 1.94. The fraction of sp³-hybridized carbons (Fsp3) is 1.00. The van der Waals surface area contributed by atoms with Crippen LogP contribution in [0, 0.1) is 0 Å². The molecule has 0 atom stereocenters. The van der Waals surface area contributed by atoms with Crippen molar-refractivity contribution in [2.45, 2.75) is 65.2 Å². The van der Waals surface area contributed by atoms with Gasteiger partial charge in [-0.3, -0.25) is 11.7 Å². The summed E-state index contributed by atoms with van der Waals surface area (Å²) in [5.74, 6) is 8.00. The maximum absolute atomic E-state index is 4.00. The first-order valence-corrected chi connectivity index (χ1v) is 6.83. The molecule has 0 radical (unpaired) electrons. The molecule has 0 aromatic rings. The lowest BCUT2D eigenvalue weighted by Gasteiger charge is -2.12. The summed E-state index contributed by atoms with van der Waals surface area (Å²) in [6, 6.07) is 0. The van der Waals surface area contributed by atoms with Crippen molar-refractivity contribution in [3.63, 3.8) is 0 Å². The molecule has 4 N–H and O–H groups in total. The lowest BCUT2D eigenvalue weighted by Crippen LogP contribution is -2.18. The molecule has 0 aromatic heterocycles. The van der Waals surface area contributed by atoms with Crippen molar-refractivity contribution in [3.05, 3.63) is 0 Å². The van der Waals surface area contributed by atoms with Crippen LogP contribution in [0.4, 0.5) is 0 Å². The van der Waals surface area contributed by atoms with Crippen LogP contribution in [-0.2, 0) is 0 Å². The van der Waals surface area contributed by atoms with E-state index in [0.717, 1.165) is 0 Å². The highest BCUT2D eigenvalue weighted by atomic mass is 15.1. The molecule has 0 aliphatic rings. The fourth-order valence-corrected chi connectivity index (χ4v) is 1.67. The third-order valence-corrected chi connectivity index (χ3v) is 2.93. The van der Waals surface area contributed by atoms with Gasteiger partial charge in [0.2, 0.25) is 0 Å². The summed E-state index contributed by atoms with van der Waals surface area (Å²) in [6.45, 7) is 6.98. The molecule has 0 fully saturated rings.